The van der Waals surface area contributed by atoms with Gasteiger partial charge in [0, 0.05) is 56.5 Å². The van der Waals surface area contributed by atoms with Crippen LogP contribution in [0.3, 0.4) is 0 Å². The number of unbranched alkanes of at least 4 members (excludes halogenated alkanes) is 2. The maximum Gasteiger partial charge on any atom is 0.412 e. The smallest absolute Gasteiger partial charge is 0.412 e. The topological polar surface area (TPSA) is 148 Å². The predicted octanol–water partition coefficient (Wildman–Crippen LogP) is 7.53. The van der Waals surface area contributed by atoms with Gasteiger partial charge in [-0.15, -0.1) is 6.58 Å². The van der Waals surface area contributed by atoms with E-state index in [1.54, 1.807) is 24.3 Å². The van der Waals surface area contributed by atoms with Crippen molar-refractivity contribution in [1.82, 2.24) is 10.2 Å². The van der Waals surface area contributed by atoms with Crippen LogP contribution in [-0.4, -0.2) is 83.9 Å². The lowest BCUT2D eigenvalue weighted by Gasteiger charge is -2.60. The number of halogens is 1. The molecule has 7 rings (SSSR count). The number of benzene rings is 2. The zero-order chi connectivity index (χ0) is 41.4. The molecular weight excluding hydrogens is 758 g/mol. The SMILES string of the molecule is C=CCOC12Oc3ccc(OC(=O)NCC)cc3C3C(CCCCO)C(CCCCO)C=C(C(=NOC4CCCCO4)CC1N(Cc1ccc(F)cc1)C(=O)C1CC1)C32. The van der Waals surface area contributed by atoms with E-state index in [2.05, 4.69) is 18.0 Å². The number of aliphatic hydroxyl groups excluding tert-OH is 2. The first kappa shape index (κ1) is 42.8. The lowest BCUT2D eigenvalue weighted by molar-refractivity contribution is -0.258. The van der Waals surface area contributed by atoms with Crippen molar-refractivity contribution in [3.63, 3.8) is 0 Å². The number of oxime groups is 1. The van der Waals surface area contributed by atoms with Gasteiger partial charge in [0.25, 0.3) is 0 Å². The quantitative estimate of drug-likeness (QED) is 0.0744. The summed E-state index contributed by atoms with van der Waals surface area (Å²) in [6.45, 7) is 7.29. The molecule has 2 aromatic carbocycles. The molecule has 3 N–H and O–H groups in total. The molecule has 0 spiro atoms. The van der Waals surface area contributed by atoms with E-state index in [9.17, 15) is 24.2 Å². The highest BCUT2D eigenvalue weighted by molar-refractivity contribution is 6.03. The van der Waals surface area contributed by atoms with Crippen molar-refractivity contribution >= 4 is 17.7 Å². The predicted molar refractivity (Wildman–Crippen MR) is 219 cm³/mol. The summed E-state index contributed by atoms with van der Waals surface area (Å²) in [6, 6.07) is 10.9. The van der Waals surface area contributed by atoms with E-state index < -0.39 is 30.1 Å². The number of aliphatic hydroxyl groups is 2. The molecule has 13 heteroatoms. The second kappa shape index (κ2) is 19.8. The van der Waals surface area contributed by atoms with Crippen LogP contribution in [0, 0.1) is 29.5 Å². The Balaban J connectivity index is 1.44. The number of amides is 2. The van der Waals surface area contributed by atoms with Gasteiger partial charge in [0.1, 0.15) is 23.4 Å². The minimum Gasteiger partial charge on any atom is -0.459 e. The number of rotatable bonds is 19. The van der Waals surface area contributed by atoms with Crippen LogP contribution >= 0.6 is 0 Å². The highest BCUT2D eigenvalue weighted by Gasteiger charge is 2.66. The fraction of sp³-hybridized carbons (Fsp3) is 0.587. The molecule has 0 bridgehead atoms. The fourth-order valence-electron chi connectivity index (χ4n) is 9.61. The molecule has 7 atom stereocenters. The molecule has 2 aliphatic heterocycles. The lowest BCUT2D eigenvalue weighted by Crippen LogP contribution is -2.70. The van der Waals surface area contributed by atoms with Crippen LogP contribution in [-0.2, 0) is 25.7 Å². The number of hydrogen-bond donors (Lipinski definition) is 3. The fourth-order valence-corrected chi connectivity index (χ4v) is 9.61. The van der Waals surface area contributed by atoms with Gasteiger partial charge in [0.15, 0.2) is 0 Å². The molecule has 0 aromatic heterocycles. The van der Waals surface area contributed by atoms with Gasteiger partial charge in [0.2, 0.25) is 18.0 Å². The van der Waals surface area contributed by atoms with Crippen molar-refractivity contribution in [1.29, 1.82) is 0 Å². The molecule has 2 aromatic rings. The van der Waals surface area contributed by atoms with Crippen molar-refractivity contribution in [3.8, 4) is 11.5 Å². The summed E-state index contributed by atoms with van der Waals surface area (Å²) >= 11 is 0. The zero-order valence-electron chi connectivity index (χ0n) is 34.2. The Kier molecular flexibility index (Phi) is 14.4. The highest BCUT2D eigenvalue weighted by atomic mass is 19.1. The van der Waals surface area contributed by atoms with Crippen molar-refractivity contribution in [2.45, 2.75) is 115 Å². The average Bonchev–Trinajstić information content (AvgIpc) is 4.10. The Morgan fingerprint density at radius 2 is 1.83 bits per heavy atom. The number of carbonyl (C=O) groups is 2. The summed E-state index contributed by atoms with van der Waals surface area (Å²) in [5.74, 6) is -1.88. The third-order valence-corrected chi connectivity index (χ3v) is 12.4. The largest absolute Gasteiger partial charge is 0.459 e. The van der Waals surface area contributed by atoms with E-state index >= 15 is 0 Å². The third-order valence-electron chi connectivity index (χ3n) is 12.4. The van der Waals surface area contributed by atoms with Gasteiger partial charge in [-0.1, -0.05) is 42.3 Å². The molecule has 3 fully saturated rings. The second-order valence-electron chi connectivity index (χ2n) is 16.5. The molecule has 320 valence electrons. The average molecular weight is 818 g/mol. The summed E-state index contributed by atoms with van der Waals surface area (Å²) in [4.78, 5) is 35.6. The normalized spacial score (nSPS) is 27.7. The molecule has 1 saturated heterocycles. The number of ether oxygens (including phenoxy) is 4. The van der Waals surface area contributed by atoms with Crippen molar-refractivity contribution < 1.29 is 48.0 Å². The number of hydrogen-bond acceptors (Lipinski definition) is 10. The van der Waals surface area contributed by atoms with E-state index in [1.807, 2.05) is 24.0 Å². The monoisotopic (exact) mass is 817 g/mol. The Labute approximate surface area is 346 Å². The van der Waals surface area contributed by atoms with Crippen LogP contribution in [0.5, 0.6) is 11.5 Å². The molecule has 2 saturated carbocycles. The first-order chi connectivity index (χ1) is 28.8. The standard InChI is InChI=1S/C46H60FN3O9/c1-3-24-56-46-40(50(44(53)31-16-17-31)29-30-14-18-33(47)19-15-30)28-38(49-59-41-13-7-10-25-55-41)36-26-32(11-5-8-22-51)35(12-6-9-23-52)42(43(36)46)37-27-34(20-21-39(37)58-46)57-45(54)48-4-2/h3,14-15,18-21,26-27,31-32,35,40-43,51-52H,1,4-13,16-17,22-25,28-29H2,2H3,(H,48,54). The van der Waals surface area contributed by atoms with Crippen molar-refractivity contribution in [2.24, 2.45) is 28.8 Å². The van der Waals surface area contributed by atoms with Crippen molar-refractivity contribution in [2.75, 3.05) is 33.0 Å². The van der Waals surface area contributed by atoms with Gasteiger partial charge in [-0.25, -0.2) is 9.18 Å². The van der Waals surface area contributed by atoms with E-state index in [1.165, 1.54) is 12.1 Å². The molecule has 3 aliphatic carbocycles. The number of nitrogens with one attached hydrogen (secondary N) is 1. The van der Waals surface area contributed by atoms with E-state index in [-0.39, 0.29) is 68.2 Å². The Morgan fingerprint density at radius 1 is 1.05 bits per heavy atom. The maximum atomic E-state index is 14.7. The minimum absolute atomic E-state index is 0.00431. The lowest BCUT2D eigenvalue weighted by atomic mass is 9.55. The Hall–Kier alpha value is -4.30. The van der Waals surface area contributed by atoms with Crippen LogP contribution in [0.1, 0.15) is 101 Å². The molecule has 0 radical (unpaired) electrons. The molecule has 7 unspecified atom stereocenters. The van der Waals surface area contributed by atoms with Gasteiger partial charge in [-0.2, -0.15) is 0 Å². The van der Waals surface area contributed by atoms with Crippen LogP contribution in [0.2, 0.25) is 0 Å². The minimum atomic E-state index is -1.45. The summed E-state index contributed by atoms with van der Waals surface area (Å²) in [6.07, 6.45) is 11.7. The summed E-state index contributed by atoms with van der Waals surface area (Å²) in [5, 5.41) is 27.4. The molecule has 2 heterocycles. The maximum absolute atomic E-state index is 14.7. The molecular formula is C46H60FN3O9. The number of fused-ring (bicyclic) bond motifs is 2. The van der Waals surface area contributed by atoms with Gasteiger partial charge in [-0.05, 0) is 112 Å². The van der Waals surface area contributed by atoms with E-state index in [4.69, 9.17) is 28.9 Å². The second-order valence-corrected chi connectivity index (χ2v) is 16.5. The molecule has 59 heavy (non-hydrogen) atoms. The number of nitrogens with zero attached hydrogens (tertiary/aromatic N) is 2. The third kappa shape index (κ3) is 9.69. The Bertz CT molecular complexity index is 1830. The van der Waals surface area contributed by atoms with Gasteiger partial charge >= 0.3 is 6.09 Å². The molecule has 12 nitrogen and oxygen atoms in total. The Morgan fingerprint density at radius 3 is 2.53 bits per heavy atom. The van der Waals surface area contributed by atoms with Crippen LogP contribution in [0.15, 0.2) is 71.9 Å². The zero-order valence-corrected chi connectivity index (χ0v) is 34.2. The molecule has 5 aliphatic rings. The van der Waals surface area contributed by atoms with Gasteiger partial charge < -0.3 is 44.2 Å². The summed E-state index contributed by atoms with van der Waals surface area (Å²) in [5.41, 5.74) is 3.18. The van der Waals surface area contributed by atoms with Gasteiger partial charge in [-0.3, -0.25) is 4.79 Å². The van der Waals surface area contributed by atoms with Crippen LogP contribution in [0.25, 0.3) is 0 Å². The summed E-state index contributed by atoms with van der Waals surface area (Å²) < 4.78 is 40.4. The number of carbonyl (C=O) groups excluding carboxylic acids is 2. The first-order valence-corrected chi connectivity index (χ1v) is 21.7. The molecule has 2 amide bonds. The van der Waals surface area contributed by atoms with Gasteiger partial charge in [0.05, 0.1) is 24.8 Å². The van der Waals surface area contributed by atoms with Crippen molar-refractivity contribution in [3.05, 3.63) is 83.7 Å². The van der Waals surface area contributed by atoms with E-state index in [0.717, 1.165) is 68.1 Å². The first-order valence-electron chi connectivity index (χ1n) is 21.7. The van der Waals surface area contributed by atoms with E-state index in [0.29, 0.717) is 49.6 Å². The summed E-state index contributed by atoms with van der Waals surface area (Å²) in [7, 11) is 0. The number of allylic oxidation sites excluding steroid dienone is 1. The van der Waals surface area contributed by atoms with Crippen LogP contribution < -0.4 is 14.8 Å². The van der Waals surface area contributed by atoms with Crippen LogP contribution in [0.4, 0.5) is 9.18 Å². The highest BCUT2D eigenvalue weighted by Crippen LogP contribution is 2.62.